The Morgan fingerprint density at radius 3 is 2.54 bits per heavy atom. The van der Waals surface area contributed by atoms with Crippen LogP contribution in [0.5, 0.6) is 5.88 Å². The van der Waals surface area contributed by atoms with Crippen molar-refractivity contribution in [3.05, 3.63) is 59.8 Å². The van der Waals surface area contributed by atoms with Gasteiger partial charge >= 0.3 is 0 Å². The quantitative estimate of drug-likeness (QED) is 0.578. The Morgan fingerprint density at radius 2 is 1.88 bits per heavy atom. The number of benzene rings is 1. The number of hydrogen-bond donors (Lipinski definition) is 2. The van der Waals surface area contributed by atoms with Crippen LogP contribution in [0, 0.1) is 0 Å². The van der Waals surface area contributed by atoms with Crippen molar-refractivity contribution >= 4 is 5.96 Å². The van der Waals surface area contributed by atoms with Crippen LogP contribution < -0.4 is 15.4 Å². The van der Waals surface area contributed by atoms with Gasteiger partial charge < -0.3 is 15.4 Å². The largest absolute Gasteiger partial charge is 0.478 e. The normalized spacial score (nSPS) is 11.2. The molecule has 0 saturated carbocycles. The molecule has 1 heterocycles. The Labute approximate surface area is 144 Å². The van der Waals surface area contributed by atoms with Crippen LogP contribution in [0.1, 0.15) is 31.4 Å². The summed E-state index contributed by atoms with van der Waals surface area (Å²) in [5.41, 5.74) is 2.28. The second-order valence-electron chi connectivity index (χ2n) is 5.39. The van der Waals surface area contributed by atoms with Crippen LogP contribution in [0.4, 0.5) is 0 Å². The molecule has 5 nitrogen and oxygen atoms in total. The summed E-state index contributed by atoms with van der Waals surface area (Å²) in [5.74, 6) is 1.46. The van der Waals surface area contributed by atoms with Crippen LogP contribution in [0.15, 0.2) is 53.7 Å². The summed E-state index contributed by atoms with van der Waals surface area (Å²) in [4.78, 5) is 8.91. The minimum absolute atomic E-state index is 0.575. The van der Waals surface area contributed by atoms with Gasteiger partial charge in [0.1, 0.15) is 0 Å². The van der Waals surface area contributed by atoms with Gasteiger partial charge in [0.25, 0.3) is 0 Å². The SMILES string of the molecule is CCCOc1ccc(CN=C(NCC)NCc2ccccc2)cn1. The molecule has 5 heteroatoms. The monoisotopic (exact) mass is 326 g/mol. The zero-order valence-electron chi connectivity index (χ0n) is 14.5. The van der Waals surface area contributed by atoms with Gasteiger partial charge in [-0.3, -0.25) is 0 Å². The fourth-order valence-corrected chi connectivity index (χ4v) is 2.09. The van der Waals surface area contributed by atoms with Crippen LogP contribution in [0.2, 0.25) is 0 Å². The summed E-state index contributed by atoms with van der Waals surface area (Å²) in [6.07, 6.45) is 2.79. The summed E-state index contributed by atoms with van der Waals surface area (Å²) in [5, 5.41) is 6.60. The lowest BCUT2D eigenvalue weighted by Crippen LogP contribution is -2.36. The molecule has 0 radical (unpaired) electrons. The van der Waals surface area contributed by atoms with Gasteiger partial charge in [-0.2, -0.15) is 0 Å². The maximum atomic E-state index is 5.49. The van der Waals surface area contributed by atoms with Gasteiger partial charge in [0, 0.05) is 25.4 Å². The summed E-state index contributed by atoms with van der Waals surface area (Å²) in [6, 6.07) is 14.2. The van der Waals surface area contributed by atoms with Gasteiger partial charge in [-0.1, -0.05) is 43.3 Å². The van der Waals surface area contributed by atoms with E-state index in [1.54, 1.807) is 0 Å². The van der Waals surface area contributed by atoms with E-state index in [9.17, 15) is 0 Å². The average molecular weight is 326 g/mol. The number of rotatable bonds is 8. The smallest absolute Gasteiger partial charge is 0.213 e. The van der Waals surface area contributed by atoms with E-state index in [-0.39, 0.29) is 0 Å². The zero-order valence-corrected chi connectivity index (χ0v) is 14.5. The third kappa shape index (κ3) is 6.28. The molecule has 2 N–H and O–H groups in total. The number of aromatic nitrogens is 1. The van der Waals surface area contributed by atoms with Gasteiger partial charge in [0.05, 0.1) is 13.2 Å². The molecule has 0 saturated heterocycles. The molecule has 0 aliphatic heterocycles. The molecule has 0 fully saturated rings. The van der Waals surface area contributed by atoms with Crippen molar-refractivity contribution in [2.75, 3.05) is 13.2 Å². The molecular formula is C19H26N4O. The second-order valence-corrected chi connectivity index (χ2v) is 5.39. The van der Waals surface area contributed by atoms with Crippen LogP contribution in [-0.4, -0.2) is 24.1 Å². The standard InChI is InChI=1S/C19H26N4O/c1-3-12-24-18-11-10-17(14-21-18)15-23-19(20-4-2)22-13-16-8-6-5-7-9-16/h5-11,14H,3-4,12-13,15H2,1-2H3,(H2,20,22,23). The van der Waals surface area contributed by atoms with Crippen LogP contribution in [-0.2, 0) is 13.1 Å². The fraction of sp³-hybridized carbons (Fsp3) is 0.368. The lowest BCUT2D eigenvalue weighted by atomic mass is 10.2. The lowest BCUT2D eigenvalue weighted by molar-refractivity contribution is 0.305. The van der Waals surface area contributed by atoms with Gasteiger partial charge in [-0.15, -0.1) is 0 Å². The number of ether oxygens (including phenoxy) is 1. The molecule has 0 amide bonds. The first-order valence-electron chi connectivity index (χ1n) is 8.45. The van der Waals surface area contributed by atoms with E-state index in [1.165, 1.54) is 5.56 Å². The fourth-order valence-electron chi connectivity index (χ4n) is 2.09. The van der Waals surface area contributed by atoms with Crippen molar-refractivity contribution in [1.82, 2.24) is 15.6 Å². The molecule has 2 aromatic rings. The van der Waals surface area contributed by atoms with Crippen molar-refractivity contribution in [1.29, 1.82) is 0 Å². The van der Waals surface area contributed by atoms with E-state index in [0.717, 1.165) is 31.0 Å². The maximum absolute atomic E-state index is 5.49. The third-order valence-corrected chi connectivity index (χ3v) is 3.32. The van der Waals surface area contributed by atoms with Gasteiger partial charge in [-0.25, -0.2) is 9.98 Å². The van der Waals surface area contributed by atoms with Crippen LogP contribution >= 0.6 is 0 Å². The molecule has 0 spiro atoms. The topological polar surface area (TPSA) is 58.5 Å². The highest BCUT2D eigenvalue weighted by molar-refractivity contribution is 5.79. The molecule has 0 aliphatic carbocycles. The van der Waals surface area contributed by atoms with Gasteiger partial charge in [0.2, 0.25) is 5.88 Å². The van der Waals surface area contributed by atoms with E-state index in [4.69, 9.17) is 4.74 Å². The van der Waals surface area contributed by atoms with E-state index in [1.807, 2.05) is 36.5 Å². The Hall–Kier alpha value is -2.56. The number of pyridine rings is 1. The molecule has 0 unspecified atom stereocenters. The number of hydrogen-bond acceptors (Lipinski definition) is 3. The highest BCUT2D eigenvalue weighted by Crippen LogP contribution is 2.08. The maximum Gasteiger partial charge on any atom is 0.213 e. The molecule has 128 valence electrons. The highest BCUT2D eigenvalue weighted by Gasteiger charge is 2.00. The Kier molecular flexibility index (Phi) is 7.60. The minimum atomic E-state index is 0.575. The van der Waals surface area contributed by atoms with E-state index >= 15 is 0 Å². The molecule has 24 heavy (non-hydrogen) atoms. The first kappa shape index (κ1) is 17.8. The van der Waals surface area contributed by atoms with E-state index in [0.29, 0.717) is 19.0 Å². The third-order valence-electron chi connectivity index (χ3n) is 3.32. The lowest BCUT2D eigenvalue weighted by Gasteiger charge is -2.11. The summed E-state index contributed by atoms with van der Waals surface area (Å²) in [6.45, 7) is 6.97. The molecule has 1 aromatic heterocycles. The number of guanidine groups is 1. The van der Waals surface area contributed by atoms with Crippen LogP contribution in [0.25, 0.3) is 0 Å². The van der Waals surface area contributed by atoms with Crippen LogP contribution in [0.3, 0.4) is 0 Å². The summed E-state index contributed by atoms with van der Waals surface area (Å²) < 4.78 is 5.49. The molecular weight excluding hydrogens is 300 g/mol. The predicted molar refractivity (Wildman–Crippen MR) is 98.1 cm³/mol. The number of nitrogens with zero attached hydrogens (tertiary/aromatic N) is 2. The highest BCUT2D eigenvalue weighted by atomic mass is 16.5. The van der Waals surface area contributed by atoms with E-state index < -0.39 is 0 Å². The van der Waals surface area contributed by atoms with E-state index in [2.05, 4.69) is 46.6 Å². The van der Waals surface area contributed by atoms with Crippen molar-refractivity contribution < 1.29 is 4.74 Å². The van der Waals surface area contributed by atoms with Crippen molar-refractivity contribution in [3.63, 3.8) is 0 Å². The Bertz CT molecular complexity index is 611. The zero-order chi connectivity index (χ0) is 17.0. The molecule has 0 bridgehead atoms. The molecule has 1 aromatic carbocycles. The molecule has 0 aliphatic rings. The first-order valence-corrected chi connectivity index (χ1v) is 8.45. The summed E-state index contributed by atoms with van der Waals surface area (Å²) in [7, 11) is 0. The van der Waals surface area contributed by atoms with Gasteiger partial charge in [0.15, 0.2) is 5.96 Å². The summed E-state index contributed by atoms with van der Waals surface area (Å²) >= 11 is 0. The number of nitrogens with one attached hydrogen (secondary N) is 2. The predicted octanol–water partition coefficient (Wildman–Crippen LogP) is 3.13. The first-order chi connectivity index (χ1) is 11.8. The van der Waals surface area contributed by atoms with Gasteiger partial charge in [-0.05, 0) is 24.5 Å². The molecule has 2 rings (SSSR count). The van der Waals surface area contributed by atoms with Crippen molar-refractivity contribution in [2.24, 2.45) is 4.99 Å². The molecule has 0 atom stereocenters. The van der Waals surface area contributed by atoms with Crippen molar-refractivity contribution in [3.8, 4) is 5.88 Å². The van der Waals surface area contributed by atoms with Crippen molar-refractivity contribution in [2.45, 2.75) is 33.4 Å². The minimum Gasteiger partial charge on any atom is -0.478 e. The average Bonchev–Trinajstić information content (AvgIpc) is 2.64. The number of aliphatic imine (C=N–C) groups is 1. The second kappa shape index (κ2) is 10.3. The Morgan fingerprint density at radius 1 is 1.04 bits per heavy atom. The Balaban J connectivity index is 1.90.